The van der Waals surface area contributed by atoms with Crippen LogP contribution in [-0.2, 0) is 4.79 Å². The summed E-state index contributed by atoms with van der Waals surface area (Å²) in [7, 11) is 0. The maximum Gasteiger partial charge on any atom is 0.259 e. The monoisotopic (exact) mass is 309 g/mol. The molecule has 0 saturated heterocycles. The quantitative estimate of drug-likeness (QED) is 0.656. The van der Waals surface area contributed by atoms with Crippen molar-refractivity contribution in [3.63, 3.8) is 0 Å². The van der Waals surface area contributed by atoms with Crippen LogP contribution < -0.4 is 10.7 Å². The van der Waals surface area contributed by atoms with Crippen LogP contribution in [0.1, 0.15) is 27.8 Å². The van der Waals surface area contributed by atoms with E-state index < -0.39 is 0 Å². The average Bonchev–Trinajstić information content (AvgIpc) is 2.48. The van der Waals surface area contributed by atoms with Gasteiger partial charge < -0.3 is 5.32 Å². The van der Waals surface area contributed by atoms with E-state index in [-0.39, 0.29) is 12.5 Å². The van der Waals surface area contributed by atoms with Gasteiger partial charge in [0.2, 0.25) is 0 Å². The Morgan fingerprint density at radius 2 is 1.65 bits per heavy atom. The summed E-state index contributed by atoms with van der Waals surface area (Å²) >= 11 is 0. The van der Waals surface area contributed by atoms with Gasteiger partial charge in [-0.3, -0.25) is 4.79 Å². The number of nitrogens with one attached hydrogen (secondary N) is 2. The zero-order valence-electron chi connectivity index (χ0n) is 14.1. The van der Waals surface area contributed by atoms with Crippen LogP contribution in [0.2, 0.25) is 0 Å². The van der Waals surface area contributed by atoms with Gasteiger partial charge in [-0.05, 0) is 50.5 Å². The van der Waals surface area contributed by atoms with Gasteiger partial charge in [0.15, 0.2) is 0 Å². The maximum atomic E-state index is 11.8. The van der Waals surface area contributed by atoms with Gasteiger partial charge in [0.1, 0.15) is 0 Å². The highest BCUT2D eigenvalue weighted by Crippen LogP contribution is 2.15. The van der Waals surface area contributed by atoms with Gasteiger partial charge in [-0.25, -0.2) is 5.43 Å². The Hall–Kier alpha value is -2.62. The zero-order valence-corrected chi connectivity index (χ0v) is 14.1. The van der Waals surface area contributed by atoms with Gasteiger partial charge in [-0.1, -0.05) is 41.5 Å². The van der Waals surface area contributed by atoms with E-state index in [0.717, 1.165) is 22.4 Å². The molecule has 4 nitrogen and oxygen atoms in total. The Morgan fingerprint density at radius 3 is 2.30 bits per heavy atom. The van der Waals surface area contributed by atoms with Crippen LogP contribution in [0.15, 0.2) is 41.5 Å². The second kappa shape index (κ2) is 7.58. The molecule has 0 aliphatic rings. The van der Waals surface area contributed by atoms with Gasteiger partial charge in [0, 0.05) is 5.69 Å². The minimum absolute atomic E-state index is 0.175. The molecule has 2 aromatic rings. The summed E-state index contributed by atoms with van der Waals surface area (Å²) in [4.78, 5) is 11.8. The Bertz CT molecular complexity index is 735. The average molecular weight is 309 g/mol. The standard InChI is InChI=1S/C19H23N3O/c1-13-5-7-17(15(3)9-13)11-21-22-19(23)12-20-18-8-6-14(2)10-16(18)4/h5-11,20H,12H2,1-4H3,(H,22,23)/b21-11+. The third-order valence-electron chi connectivity index (χ3n) is 3.64. The van der Waals surface area contributed by atoms with Crippen molar-refractivity contribution in [1.29, 1.82) is 0 Å². The lowest BCUT2D eigenvalue weighted by Gasteiger charge is -2.09. The summed E-state index contributed by atoms with van der Waals surface area (Å²) in [6.07, 6.45) is 1.67. The first-order chi connectivity index (χ1) is 11.0. The number of hydrazone groups is 1. The van der Waals surface area contributed by atoms with Gasteiger partial charge in [-0.15, -0.1) is 0 Å². The summed E-state index contributed by atoms with van der Waals surface area (Å²) in [5.74, 6) is -0.175. The molecule has 0 bridgehead atoms. The zero-order chi connectivity index (χ0) is 16.8. The molecule has 2 N–H and O–H groups in total. The van der Waals surface area contributed by atoms with Crippen LogP contribution in [0.3, 0.4) is 0 Å². The number of benzene rings is 2. The van der Waals surface area contributed by atoms with E-state index in [0.29, 0.717) is 0 Å². The molecule has 4 heteroatoms. The Morgan fingerprint density at radius 1 is 1.00 bits per heavy atom. The number of amides is 1. The van der Waals surface area contributed by atoms with Crippen molar-refractivity contribution in [1.82, 2.24) is 5.43 Å². The first-order valence-electron chi connectivity index (χ1n) is 7.66. The van der Waals surface area contributed by atoms with Crippen molar-refractivity contribution in [3.05, 3.63) is 64.2 Å². The van der Waals surface area contributed by atoms with E-state index in [1.807, 2.05) is 45.0 Å². The second-order valence-corrected chi connectivity index (χ2v) is 5.83. The molecule has 120 valence electrons. The molecule has 0 saturated carbocycles. The first kappa shape index (κ1) is 16.7. The molecule has 0 fully saturated rings. The molecule has 2 aromatic carbocycles. The minimum Gasteiger partial charge on any atom is -0.376 e. The Kier molecular flexibility index (Phi) is 5.52. The summed E-state index contributed by atoms with van der Waals surface area (Å²) in [6, 6.07) is 12.2. The lowest BCUT2D eigenvalue weighted by Crippen LogP contribution is -2.26. The van der Waals surface area contributed by atoms with Gasteiger partial charge in [-0.2, -0.15) is 5.10 Å². The van der Waals surface area contributed by atoms with E-state index >= 15 is 0 Å². The van der Waals surface area contributed by atoms with Crippen LogP contribution in [0.4, 0.5) is 5.69 Å². The summed E-state index contributed by atoms with van der Waals surface area (Å²) in [5, 5.41) is 7.14. The fourth-order valence-corrected chi connectivity index (χ4v) is 2.37. The van der Waals surface area contributed by atoms with Crippen molar-refractivity contribution in [2.75, 3.05) is 11.9 Å². The van der Waals surface area contributed by atoms with Crippen LogP contribution >= 0.6 is 0 Å². The van der Waals surface area contributed by atoms with Crippen molar-refractivity contribution in [2.24, 2.45) is 5.10 Å². The highest BCUT2D eigenvalue weighted by Gasteiger charge is 2.02. The number of carbonyl (C=O) groups is 1. The molecule has 0 aliphatic carbocycles. The molecule has 0 heterocycles. The lowest BCUT2D eigenvalue weighted by molar-refractivity contribution is -0.119. The summed E-state index contributed by atoms with van der Waals surface area (Å²) in [6.45, 7) is 8.33. The van der Waals surface area contributed by atoms with Gasteiger partial charge >= 0.3 is 0 Å². The van der Waals surface area contributed by atoms with E-state index in [1.54, 1.807) is 6.21 Å². The Labute approximate surface area is 137 Å². The van der Waals surface area contributed by atoms with Crippen molar-refractivity contribution < 1.29 is 4.79 Å². The minimum atomic E-state index is -0.175. The predicted molar refractivity (Wildman–Crippen MR) is 96.1 cm³/mol. The van der Waals surface area contributed by atoms with Gasteiger partial charge in [0.05, 0.1) is 12.8 Å². The van der Waals surface area contributed by atoms with E-state index in [2.05, 4.69) is 34.9 Å². The number of rotatable bonds is 5. The highest BCUT2D eigenvalue weighted by molar-refractivity contribution is 5.85. The predicted octanol–water partition coefficient (Wildman–Crippen LogP) is 3.48. The van der Waals surface area contributed by atoms with Gasteiger partial charge in [0.25, 0.3) is 5.91 Å². The summed E-state index contributed by atoms with van der Waals surface area (Å²) < 4.78 is 0. The molecular formula is C19H23N3O. The third kappa shape index (κ3) is 4.95. The van der Waals surface area contributed by atoms with E-state index in [1.165, 1.54) is 11.1 Å². The van der Waals surface area contributed by atoms with E-state index in [4.69, 9.17) is 0 Å². The fraction of sp³-hybridized carbons (Fsp3) is 0.263. The molecule has 1 amide bonds. The van der Waals surface area contributed by atoms with Crippen LogP contribution in [0.5, 0.6) is 0 Å². The van der Waals surface area contributed by atoms with Crippen LogP contribution in [-0.4, -0.2) is 18.7 Å². The molecule has 2 rings (SSSR count). The molecule has 0 atom stereocenters. The Balaban J connectivity index is 1.86. The maximum absolute atomic E-state index is 11.8. The van der Waals surface area contributed by atoms with Crippen molar-refractivity contribution in [2.45, 2.75) is 27.7 Å². The highest BCUT2D eigenvalue weighted by atomic mass is 16.2. The van der Waals surface area contributed by atoms with Crippen molar-refractivity contribution in [3.8, 4) is 0 Å². The molecule has 0 spiro atoms. The molecule has 0 aliphatic heterocycles. The third-order valence-corrected chi connectivity index (χ3v) is 3.64. The summed E-state index contributed by atoms with van der Waals surface area (Å²) in [5.41, 5.74) is 9.17. The fourth-order valence-electron chi connectivity index (χ4n) is 2.37. The molecule has 0 radical (unpaired) electrons. The topological polar surface area (TPSA) is 53.5 Å². The number of aryl methyl sites for hydroxylation is 4. The van der Waals surface area contributed by atoms with Crippen molar-refractivity contribution >= 4 is 17.8 Å². The normalized spacial score (nSPS) is 10.8. The SMILES string of the molecule is Cc1ccc(/C=N/NC(=O)CNc2ccc(C)cc2C)c(C)c1. The molecule has 0 aromatic heterocycles. The molecule has 0 unspecified atom stereocenters. The number of nitrogens with zero attached hydrogens (tertiary/aromatic N) is 1. The van der Waals surface area contributed by atoms with Crippen LogP contribution in [0.25, 0.3) is 0 Å². The number of hydrogen-bond acceptors (Lipinski definition) is 3. The smallest absolute Gasteiger partial charge is 0.259 e. The lowest BCUT2D eigenvalue weighted by atomic mass is 10.1. The first-order valence-corrected chi connectivity index (χ1v) is 7.66. The van der Waals surface area contributed by atoms with E-state index in [9.17, 15) is 4.79 Å². The second-order valence-electron chi connectivity index (χ2n) is 5.83. The number of hydrogen-bond donors (Lipinski definition) is 2. The molecule has 23 heavy (non-hydrogen) atoms. The van der Waals surface area contributed by atoms with Crippen LogP contribution in [0, 0.1) is 27.7 Å². The number of anilines is 1. The number of carbonyl (C=O) groups excluding carboxylic acids is 1. The largest absolute Gasteiger partial charge is 0.376 e. The molecular weight excluding hydrogens is 286 g/mol.